The zero-order chi connectivity index (χ0) is 10.5. The van der Waals surface area contributed by atoms with Gasteiger partial charge in [0.15, 0.2) is 0 Å². The smallest absolute Gasteiger partial charge is 0.0829 e. The highest BCUT2D eigenvalue weighted by Gasteiger charge is 1.91. The number of hydrogen-bond donors (Lipinski definition) is 2. The van der Waals surface area contributed by atoms with Crippen molar-refractivity contribution in [3.05, 3.63) is 25.7 Å². The van der Waals surface area contributed by atoms with Crippen LogP contribution in [-0.4, -0.2) is 36.1 Å². The Morgan fingerprint density at radius 3 is 2.15 bits per heavy atom. The van der Waals surface area contributed by atoms with Gasteiger partial charge in [0, 0.05) is 0 Å². The van der Waals surface area contributed by atoms with E-state index in [9.17, 15) is 0 Å². The average molecular weight is 190 g/mol. The van der Waals surface area contributed by atoms with Crippen LogP contribution in [0.5, 0.6) is 0 Å². The fourth-order valence-corrected chi connectivity index (χ4v) is 0.386. The monoisotopic (exact) mass is 190 g/mol. The largest absolute Gasteiger partial charge is 0.474 e. The van der Waals surface area contributed by atoms with Crippen molar-refractivity contribution in [2.24, 2.45) is 0 Å². The Balaban J connectivity index is 0. The molecule has 13 heavy (non-hydrogen) atoms. The Bertz CT molecular complexity index is 106. The van der Waals surface area contributed by atoms with Gasteiger partial charge >= 0.3 is 0 Å². The maximum Gasteiger partial charge on any atom is 0.0829 e. The van der Waals surface area contributed by atoms with Crippen molar-refractivity contribution >= 4 is 0 Å². The van der Waals surface area contributed by atoms with Gasteiger partial charge in [-0.05, 0) is 6.92 Å². The number of aliphatic hydroxyl groups is 2. The molecule has 0 aromatic rings. The average Bonchev–Trinajstić information content (AvgIpc) is 2.07. The standard InChI is InChI=1S/C5H12O3.C4H6O/c1-5(7)4-8-3-2-6;1-3-5-4-2/h5-7H,2-4H2,1H3;3-4H,1-2H2. The van der Waals surface area contributed by atoms with Gasteiger partial charge in [0.05, 0.1) is 38.4 Å². The molecular formula is C9H18O4. The third-order valence-electron chi connectivity index (χ3n) is 0.787. The molecule has 0 amide bonds. The van der Waals surface area contributed by atoms with Crippen molar-refractivity contribution in [1.82, 2.24) is 0 Å². The quantitative estimate of drug-likeness (QED) is 0.477. The van der Waals surface area contributed by atoms with E-state index in [0.29, 0.717) is 13.2 Å². The summed E-state index contributed by atoms with van der Waals surface area (Å²) in [6, 6.07) is 0. The van der Waals surface area contributed by atoms with Crippen molar-refractivity contribution in [3.8, 4) is 0 Å². The van der Waals surface area contributed by atoms with Gasteiger partial charge in [0.2, 0.25) is 0 Å². The van der Waals surface area contributed by atoms with Gasteiger partial charge in [-0.25, -0.2) is 0 Å². The minimum atomic E-state index is -0.429. The van der Waals surface area contributed by atoms with Crippen molar-refractivity contribution in [2.45, 2.75) is 13.0 Å². The van der Waals surface area contributed by atoms with E-state index in [1.807, 2.05) is 0 Å². The van der Waals surface area contributed by atoms with Crippen molar-refractivity contribution in [3.63, 3.8) is 0 Å². The van der Waals surface area contributed by atoms with Crippen LogP contribution in [0, 0.1) is 0 Å². The third kappa shape index (κ3) is 24.7. The Kier molecular flexibility index (Phi) is 15.5. The molecule has 0 rings (SSSR count). The van der Waals surface area contributed by atoms with Crippen molar-refractivity contribution in [1.29, 1.82) is 0 Å². The molecule has 0 aliphatic rings. The van der Waals surface area contributed by atoms with Crippen LogP contribution in [0.25, 0.3) is 0 Å². The van der Waals surface area contributed by atoms with Crippen molar-refractivity contribution in [2.75, 3.05) is 19.8 Å². The first-order valence-corrected chi connectivity index (χ1v) is 3.93. The second-order valence-corrected chi connectivity index (χ2v) is 2.12. The molecular weight excluding hydrogens is 172 g/mol. The van der Waals surface area contributed by atoms with Crippen LogP contribution in [0.15, 0.2) is 25.7 Å². The van der Waals surface area contributed by atoms with Gasteiger partial charge in [0.25, 0.3) is 0 Å². The zero-order valence-corrected chi connectivity index (χ0v) is 7.98. The van der Waals surface area contributed by atoms with Gasteiger partial charge in [-0.2, -0.15) is 0 Å². The van der Waals surface area contributed by atoms with E-state index in [1.165, 1.54) is 12.5 Å². The molecule has 0 aromatic carbocycles. The van der Waals surface area contributed by atoms with Gasteiger partial charge in [0.1, 0.15) is 0 Å². The van der Waals surface area contributed by atoms with Gasteiger partial charge in [-0.15, -0.1) is 0 Å². The predicted molar refractivity (Wildman–Crippen MR) is 51.1 cm³/mol. The second-order valence-electron chi connectivity index (χ2n) is 2.12. The van der Waals surface area contributed by atoms with Crippen LogP contribution in [0.2, 0.25) is 0 Å². The molecule has 0 heterocycles. The minimum absolute atomic E-state index is 0.0206. The molecule has 2 N–H and O–H groups in total. The van der Waals surface area contributed by atoms with E-state index < -0.39 is 6.10 Å². The van der Waals surface area contributed by atoms with Crippen LogP contribution < -0.4 is 0 Å². The maximum atomic E-state index is 8.57. The summed E-state index contributed by atoms with van der Waals surface area (Å²) < 4.78 is 9.11. The lowest BCUT2D eigenvalue weighted by Crippen LogP contribution is -2.12. The van der Waals surface area contributed by atoms with Gasteiger partial charge in [-0.1, -0.05) is 13.2 Å². The topological polar surface area (TPSA) is 58.9 Å². The molecule has 0 saturated carbocycles. The molecule has 0 saturated heterocycles. The Morgan fingerprint density at radius 1 is 1.38 bits per heavy atom. The lowest BCUT2D eigenvalue weighted by atomic mass is 10.4. The highest BCUT2D eigenvalue weighted by Crippen LogP contribution is 1.80. The van der Waals surface area contributed by atoms with E-state index in [1.54, 1.807) is 6.92 Å². The molecule has 0 aromatic heterocycles. The van der Waals surface area contributed by atoms with E-state index in [4.69, 9.17) is 14.9 Å². The summed E-state index contributed by atoms with van der Waals surface area (Å²) in [4.78, 5) is 0. The zero-order valence-electron chi connectivity index (χ0n) is 7.98. The minimum Gasteiger partial charge on any atom is -0.474 e. The molecule has 0 aliphatic heterocycles. The van der Waals surface area contributed by atoms with Gasteiger partial charge in [-0.3, -0.25) is 0 Å². The summed E-state index contributed by atoms with van der Waals surface area (Å²) in [6.07, 6.45) is 2.20. The van der Waals surface area contributed by atoms with Crippen molar-refractivity contribution < 1.29 is 19.7 Å². The first kappa shape index (κ1) is 14.7. The number of hydrogen-bond acceptors (Lipinski definition) is 4. The Hall–Kier alpha value is -0.840. The fraction of sp³-hybridized carbons (Fsp3) is 0.556. The molecule has 0 fully saturated rings. The molecule has 1 unspecified atom stereocenters. The van der Waals surface area contributed by atoms with Crippen LogP contribution in [0.1, 0.15) is 6.92 Å². The molecule has 4 nitrogen and oxygen atoms in total. The SMILES string of the molecule is C=COC=C.CC(O)COCCO. The van der Waals surface area contributed by atoms with Crippen LogP contribution in [0.3, 0.4) is 0 Å². The third-order valence-corrected chi connectivity index (χ3v) is 0.787. The van der Waals surface area contributed by atoms with Crippen LogP contribution in [0.4, 0.5) is 0 Å². The number of aliphatic hydroxyl groups excluding tert-OH is 2. The van der Waals surface area contributed by atoms with Crippen LogP contribution in [-0.2, 0) is 9.47 Å². The Labute approximate surface area is 79.1 Å². The number of ether oxygens (including phenoxy) is 2. The van der Waals surface area contributed by atoms with E-state index in [2.05, 4.69) is 17.9 Å². The second kappa shape index (κ2) is 13.7. The first-order valence-electron chi connectivity index (χ1n) is 3.93. The Morgan fingerprint density at radius 2 is 1.92 bits per heavy atom. The lowest BCUT2D eigenvalue weighted by molar-refractivity contribution is 0.0292. The molecule has 0 spiro atoms. The highest BCUT2D eigenvalue weighted by atomic mass is 16.5. The van der Waals surface area contributed by atoms with E-state index in [0.717, 1.165) is 0 Å². The molecule has 78 valence electrons. The van der Waals surface area contributed by atoms with E-state index in [-0.39, 0.29) is 6.61 Å². The summed E-state index contributed by atoms with van der Waals surface area (Å²) in [5.41, 5.74) is 0. The lowest BCUT2D eigenvalue weighted by Gasteiger charge is -2.02. The summed E-state index contributed by atoms with van der Waals surface area (Å²) >= 11 is 0. The summed E-state index contributed by atoms with van der Waals surface area (Å²) in [5.74, 6) is 0. The fourth-order valence-electron chi connectivity index (χ4n) is 0.386. The molecule has 0 bridgehead atoms. The summed E-state index contributed by atoms with van der Waals surface area (Å²) in [5, 5.41) is 16.7. The number of rotatable bonds is 6. The summed E-state index contributed by atoms with van der Waals surface area (Å²) in [6.45, 7) is 8.79. The highest BCUT2D eigenvalue weighted by molar-refractivity contribution is 4.57. The van der Waals surface area contributed by atoms with Crippen LogP contribution >= 0.6 is 0 Å². The molecule has 0 aliphatic carbocycles. The molecule has 4 heteroatoms. The predicted octanol–water partition coefficient (Wildman–Crippen LogP) is 0.666. The first-order chi connectivity index (χ1) is 6.18. The maximum absolute atomic E-state index is 8.57. The van der Waals surface area contributed by atoms with Gasteiger partial charge < -0.3 is 19.7 Å². The molecule has 1 atom stereocenters. The summed E-state index contributed by atoms with van der Waals surface area (Å²) in [7, 11) is 0. The normalized spacial score (nSPS) is 10.7. The van der Waals surface area contributed by atoms with E-state index >= 15 is 0 Å². The molecule has 0 radical (unpaired) electrons.